The van der Waals surface area contributed by atoms with E-state index in [0.717, 1.165) is 0 Å². The van der Waals surface area contributed by atoms with Crippen LogP contribution < -0.4 is 5.73 Å². The summed E-state index contributed by atoms with van der Waals surface area (Å²) in [6, 6.07) is 3.10. The smallest absolute Gasteiger partial charge is 0.171 e. The molecule has 10 heavy (non-hydrogen) atoms. The molecule has 3 N–H and O–H groups in total. The standard InChI is InChI=1S/C6H7ClN2O/c7-6-5(10)2-1-4(3-8)9-6/h1-2,10H,3,8H2. The lowest BCUT2D eigenvalue weighted by molar-refractivity contribution is 0.472. The molecule has 0 fully saturated rings. The number of nitrogens with two attached hydrogens (primary N) is 1. The molecule has 0 bridgehead atoms. The van der Waals surface area contributed by atoms with Crippen LogP contribution in [0.2, 0.25) is 5.15 Å². The molecule has 0 spiro atoms. The first kappa shape index (κ1) is 7.31. The Labute approximate surface area is 63.5 Å². The Balaban J connectivity index is 3.04. The molecule has 0 aliphatic rings. The molecular formula is C6H7ClN2O. The van der Waals surface area contributed by atoms with Gasteiger partial charge in [0, 0.05) is 6.54 Å². The number of aromatic hydroxyl groups is 1. The average molecular weight is 159 g/mol. The summed E-state index contributed by atoms with van der Waals surface area (Å²) in [5, 5.41) is 9.00. The van der Waals surface area contributed by atoms with Gasteiger partial charge in [-0.2, -0.15) is 0 Å². The summed E-state index contributed by atoms with van der Waals surface area (Å²) in [7, 11) is 0. The summed E-state index contributed by atoms with van der Waals surface area (Å²) in [6.07, 6.45) is 0. The molecule has 0 saturated heterocycles. The Hall–Kier alpha value is -0.800. The largest absolute Gasteiger partial charge is 0.505 e. The Morgan fingerprint density at radius 1 is 1.60 bits per heavy atom. The van der Waals surface area contributed by atoms with Gasteiger partial charge in [0.2, 0.25) is 0 Å². The predicted octanol–water partition coefficient (Wildman–Crippen LogP) is 0.899. The molecule has 1 heterocycles. The van der Waals surface area contributed by atoms with E-state index in [2.05, 4.69) is 4.98 Å². The van der Waals surface area contributed by atoms with Gasteiger partial charge in [-0.25, -0.2) is 4.98 Å². The zero-order valence-electron chi connectivity index (χ0n) is 5.21. The van der Waals surface area contributed by atoms with Crippen LogP contribution in [0.4, 0.5) is 0 Å². The van der Waals surface area contributed by atoms with E-state index in [9.17, 15) is 0 Å². The van der Waals surface area contributed by atoms with Gasteiger partial charge in [-0.3, -0.25) is 0 Å². The average Bonchev–Trinajstić information content (AvgIpc) is 1.95. The molecule has 1 aromatic rings. The van der Waals surface area contributed by atoms with Crippen LogP contribution in [-0.2, 0) is 6.54 Å². The van der Waals surface area contributed by atoms with Crippen molar-refractivity contribution in [3.05, 3.63) is 23.0 Å². The molecule has 0 amide bonds. The quantitative estimate of drug-likeness (QED) is 0.597. The first-order valence-electron chi connectivity index (χ1n) is 2.78. The van der Waals surface area contributed by atoms with E-state index in [4.69, 9.17) is 22.4 Å². The Morgan fingerprint density at radius 2 is 2.30 bits per heavy atom. The van der Waals surface area contributed by atoms with Crippen LogP contribution in [0.3, 0.4) is 0 Å². The number of aromatic nitrogens is 1. The van der Waals surface area contributed by atoms with Gasteiger partial charge in [0.1, 0.15) is 0 Å². The highest BCUT2D eigenvalue weighted by Crippen LogP contribution is 2.19. The first-order valence-corrected chi connectivity index (χ1v) is 3.16. The van der Waals surface area contributed by atoms with Gasteiger partial charge in [-0.05, 0) is 12.1 Å². The number of hydrogen-bond acceptors (Lipinski definition) is 3. The van der Waals surface area contributed by atoms with E-state index in [1.165, 1.54) is 6.07 Å². The SMILES string of the molecule is NCc1ccc(O)c(Cl)n1. The van der Waals surface area contributed by atoms with Gasteiger partial charge < -0.3 is 10.8 Å². The minimum absolute atomic E-state index is 0.0149. The number of halogens is 1. The van der Waals surface area contributed by atoms with Crippen LogP contribution in [-0.4, -0.2) is 10.1 Å². The summed E-state index contributed by atoms with van der Waals surface area (Å²) in [5.41, 5.74) is 5.94. The van der Waals surface area contributed by atoms with Crippen molar-refractivity contribution in [3.8, 4) is 5.75 Å². The predicted molar refractivity (Wildman–Crippen MR) is 38.8 cm³/mol. The van der Waals surface area contributed by atoms with Crippen molar-refractivity contribution in [2.45, 2.75) is 6.54 Å². The van der Waals surface area contributed by atoms with Crippen LogP contribution in [0.5, 0.6) is 5.75 Å². The molecule has 0 aromatic carbocycles. The maximum atomic E-state index is 8.90. The fourth-order valence-corrected chi connectivity index (χ4v) is 0.750. The number of pyridine rings is 1. The Kier molecular flexibility index (Phi) is 2.09. The zero-order chi connectivity index (χ0) is 7.56. The van der Waals surface area contributed by atoms with Gasteiger partial charge in [0.15, 0.2) is 10.9 Å². The normalized spacial score (nSPS) is 9.80. The summed E-state index contributed by atoms with van der Waals surface area (Å²) in [5.74, 6) is -0.0149. The van der Waals surface area contributed by atoms with Crippen LogP contribution >= 0.6 is 11.6 Å². The van der Waals surface area contributed by atoms with Crippen molar-refractivity contribution < 1.29 is 5.11 Å². The maximum Gasteiger partial charge on any atom is 0.171 e. The van der Waals surface area contributed by atoms with E-state index in [1.807, 2.05) is 0 Å². The van der Waals surface area contributed by atoms with Crippen molar-refractivity contribution in [1.29, 1.82) is 0 Å². The molecule has 0 radical (unpaired) electrons. The summed E-state index contributed by atoms with van der Waals surface area (Å²) in [4.78, 5) is 3.78. The molecule has 54 valence electrons. The number of rotatable bonds is 1. The third-order valence-electron chi connectivity index (χ3n) is 1.10. The van der Waals surface area contributed by atoms with E-state index in [-0.39, 0.29) is 10.9 Å². The lowest BCUT2D eigenvalue weighted by atomic mass is 10.3. The second kappa shape index (κ2) is 2.86. The minimum Gasteiger partial charge on any atom is -0.505 e. The third-order valence-corrected chi connectivity index (χ3v) is 1.37. The van der Waals surface area contributed by atoms with Crippen molar-refractivity contribution in [1.82, 2.24) is 4.98 Å². The number of hydrogen-bond donors (Lipinski definition) is 2. The van der Waals surface area contributed by atoms with Crippen LogP contribution in [0.15, 0.2) is 12.1 Å². The number of nitrogens with zero attached hydrogens (tertiary/aromatic N) is 1. The van der Waals surface area contributed by atoms with E-state index >= 15 is 0 Å². The van der Waals surface area contributed by atoms with Crippen LogP contribution in [0.25, 0.3) is 0 Å². The fraction of sp³-hybridized carbons (Fsp3) is 0.167. The molecule has 0 unspecified atom stereocenters. The Morgan fingerprint density at radius 3 is 2.80 bits per heavy atom. The molecule has 1 aromatic heterocycles. The lowest BCUT2D eigenvalue weighted by Crippen LogP contribution is -1.98. The highest BCUT2D eigenvalue weighted by atomic mass is 35.5. The third kappa shape index (κ3) is 1.37. The Bertz CT molecular complexity index is 239. The molecule has 3 nitrogen and oxygen atoms in total. The molecule has 0 aliphatic heterocycles. The second-order valence-electron chi connectivity index (χ2n) is 1.82. The highest BCUT2D eigenvalue weighted by Gasteiger charge is 1.98. The van der Waals surface area contributed by atoms with Crippen molar-refractivity contribution >= 4 is 11.6 Å². The van der Waals surface area contributed by atoms with Gasteiger partial charge in [0.05, 0.1) is 5.69 Å². The van der Waals surface area contributed by atoms with Gasteiger partial charge in [-0.15, -0.1) is 0 Å². The van der Waals surface area contributed by atoms with Crippen molar-refractivity contribution in [2.75, 3.05) is 0 Å². The van der Waals surface area contributed by atoms with E-state index in [0.29, 0.717) is 12.2 Å². The van der Waals surface area contributed by atoms with Gasteiger partial charge in [0.25, 0.3) is 0 Å². The summed E-state index contributed by atoms with van der Waals surface area (Å²) < 4.78 is 0. The topological polar surface area (TPSA) is 59.1 Å². The molecule has 1 rings (SSSR count). The highest BCUT2D eigenvalue weighted by molar-refractivity contribution is 6.30. The molecule has 0 atom stereocenters. The molecule has 4 heteroatoms. The van der Waals surface area contributed by atoms with E-state index < -0.39 is 0 Å². The van der Waals surface area contributed by atoms with Crippen molar-refractivity contribution in [3.63, 3.8) is 0 Å². The molecule has 0 saturated carbocycles. The summed E-state index contributed by atoms with van der Waals surface area (Å²) >= 11 is 5.48. The molecule has 0 aliphatic carbocycles. The minimum atomic E-state index is -0.0149. The van der Waals surface area contributed by atoms with Crippen molar-refractivity contribution in [2.24, 2.45) is 5.73 Å². The zero-order valence-corrected chi connectivity index (χ0v) is 5.97. The molecular weight excluding hydrogens is 152 g/mol. The maximum absolute atomic E-state index is 8.90. The lowest BCUT2D eigenvalue weighted by Gasteiger charge is -1.97. The summed E-state index contributed by atoms with van der Waals surface area (Å²) in [6.45, 7) is 0.333. The van der Waals surface area contributed by atoms with Crippen LogP contribution in [0, 0.1) is 0 Å². The second-order valence-corrected chi connectivity index (χ2v) is 2.17. The van der Waals surface area contributed by atoms with E-state index in [1.54, 1.807) is 6.07 Å². The van der Waals surface area contributed by atoms with Crippen LogP contribution in [0.1, 0.15) is 5.69 Å². The van der Waals surface area contributed by atoms with Gasteiger partial charge in [-0.1, -0.05) is 11.6 Å². The van der Waals surface area contributed by atoms with Gasteiger partial charge >= 0.3 is 0 Å². The first-order chi connectivity index (χ1) is 4.74. The monoisotopic (exact) mass is 158 g/mol. The fourth-order valence-electron chi connectivity index (χ4n) is 0.578.